The number of nitrogens with zero attached hydrogens (tertiary/aromatic N) is 4. The van der Waals surface area contributed by atoms with Gasteiger partial charge >= 0.3 is 0 Å². The first-order valence-electron chi connectivity index (χ1n) is 22.0. The molecule has 0 aliphatic carbocycles. The number of hydrogen-bond acceptors (Lipinski definition) is 4. The molecule has 4 aromatic heterocycles. The zero-order valence-electron chi connectivity index (χ0n) is 35.4. The van der Waals surface area contributed by atoms with Gasteiger partial charge in [-0.1, -0.05) is 158 Å². The first-order chi connectivity index (χ1) is 32.1. The van der Waals surface area contributed by atoms with Crippen molar-refractivity contribution < 1.29 is 0 Å². The normalized spacial score (nSPS) is 11.8. The molecule has 0 saturated carbocycles. The van der Waals surface area contributed by atoms with Gasteiger partial charge in [0.25, 0.3) is 0 Å². The third-order valence-electron chi connectivity index (χ3n) is 13.0. The van der Waals surface area contributed by atoms with E-state index in [-0.39, 0.29) is 0 Å². The molecule has 0 atom stereocenters. The van der Waals surface area contributed by atoms with Crippen molar-refractivity contribution in [3.63, 3.8) is 0 Å². The van der Waals surface area contributed by atoms with E-state index in [0.29, 0.717) is 5.82 Å². The topological polar surface area (TPSA) is 43.6 Å². The monoisotopic (exact) mass is 846 g/mol. The van der Waals surface area contributed by atoms with Crippen LogP contribution < -0.4 is 0 Å². The summed E-state index contributed by atoms with van der Waals surface area (Å²) in [5.41, 5.74) is 14.0. The fraction of sp³-hybridized carbons (Fsp3) is 0.0167. The Labute approximate surface area is 379 Å². The van der Waals surface area contributed by atoms with Crippen molar-refractivity contribution in [2.75, 3.05) is 0 Å². The minimum atomic E-state index is 0.713. The van der Waals surface area contributed by atoms with Gasteiger partial charge in [0.1, 0.15) is 0 Å². The average molecular weight is 847 g/mol. The van der Waals surface area contributed by atoms with E-state index >= 15 is 0 Å². The van der Waals surface area contributed by atoms with E-state index in [4.69, 9.17) is 15.0 Å². The highest BCUT2D eigenvalue weighted by molar-refractivity contribution is 7.25. The summed E-state index contributed by atoms with van der Waals surface area (Å²) in [6, 6.07) is 74.2. The summed E-state index contributed by atoms with van der Waals surface area (Å²) in [7, 11) is 0. The van der Waals surface area contributed by atoms with Crippen molar-refractivity contribution in [2.45, 2.75) is 6.92 Å². The molecule has 5 heteroatoms. The molecule has 0 aliphatic heterocycles. The van der Waals surface area contributed by atoms with Crippen molar-refractivity contribution in [1.82, 2.24) is 19.5 Å². The maximum absolute atomic E-state index is 5.17. The summed E-state index contributed by atoms with van der Waals surface area (Å²) in [6.07, 6.45) is 1.94. The van der Waals surface area contributed by atoms with Gasteiger partial charge < -0.3 is 4.57 Å². The molecular weight excluding hydrogens is 809 g/mol. The van der Waals surface area contributed by atoms with Crippen molar-refractivity contribution in [1.29, 1.82) is 0 Å². The Hall–Kier alpha value is -8.25. The van der Waals surface area contributed by atoms with E-state index in [2.05, 4.69) is 193 Å². The molecule has 0 fully saturated rings. The molecule has 65 heavy (non-hydrogen) atoms. The summed E-state index contributed by atoms with van der Waals surface area (Å²) < 4.78 is 4.89. The van der Waals surface area contributed by atoms with Crippen LogP contribution in [0.3, 0.4) is 0 Å². The van der Waals surface area contributed by atoms with Crippen molar-refractivity contribution in [3.8, 4) is 62.0 Å². The Morgan fingerprint density at radius 1 is 0.385 bits per heavy atom. The number of hydrogen-bond donors (Lipinski definition) is 0. The molecule has 0 bridgehead atoms. The van der Waals surface area contributed by atoms with Crippen LogP contribution in [-0.4, -0.2) is 19.5 Å². The largest absolute Gasteiger partial charge is 0.309 e. The van der Waals surface area contributed by atoms with E-state index in [9.17, 15) is 0 Å². The second-order valence-electron chi connectivity index (χ2n) is 16.8. The number of para-hydroxylation sites is 1. The smallest absolute Gasteiger partial charge is 0.160 e. The lowest BCUT2D eigenvalue weighted by atomic mass is 9.97. The standard InChI is InChI=1S/C60H38N4S/c1-37-57(40-13-4-2-5-14-40)62-60(43-15-6-3-7-16-43)63-58(37)41-22-24-42(25-23-41)59-56-51-35-45(28-31-54(51)65-55(56)32-33-61-59)44-27-30-53-50(34-44)48-18-10-11-19-52(48)64(53)46-29-26-39-21-20-38-12-8-9-17-47(38)49(39)36-46/h2-36H,1H3. The Morgan fingerprint density at radius 3 is 1.72 bits per heavy atom. The summed E-state index contributed by atoms with van der Waals surface area (Å²) >= 11 is 1.82. The maximum atomic E-state index is 5.17. The SMILES string of the molecule is Cc1c(-c2ccccc2)nc(-c2ccccc2)nc1-c1ccc(-c2nccc3sc4ccc(-c5ccc6c(c5)c5ccccc5n6-c5ccc6ccc7ccccc7c6c5)cc4c23)cc1. The molecule has 0 unspecified atom stereocenters. The van der Waals surface area contributed by atoms with Gasteiger partial charge in [-0.05, 0) is 88.1 Å². The number of pyridine rings is 1. The van der Waals surface area contributed by atoms with E-state index in [1.165, 1.54) is 74.6 Å². The quantitative estimate of drug-likeness (QED) is 0.157. The third-order valence-corrected chi connectivity index (χ3v) is 14.2. The van der Waals surface area contributed by atoms with Crippen LogP contribution in [0.2, 0.25) is 0 Å². The highest BCUT2D eigenvalue weighted by atomic mass is 32.1. The molecule has 304 valence electrons. The van der Waals surface area contributed by atoms with Gasteiger partial charge in [-0.25, -0.2) is 9.97 Å². The van der Waals surface area contributed by atoms with E-state index in [1.807, 2.05) is 41.8 Å². The first kappa shape index (κ1) is 37.3. The Bertz CT molecular complexity index is 4000. The molecule has 4 nitrogen and oxygen atoms in total. The van der Waals surface area contributed by atoms with Crippen LogP contribution in [0.5, 0.6) is 0 Å². The lowest BCUT2D eigenvalue weighted by Crippen LogP contribution is -2.00. The van der Waals surface area contributed by atoms with Crippen LogP contribution in [0.25, 0.3) is 125 Å². The molecule has 0 saturated heterocycles. The van der Waals surface area contributed by atoms with Crippen LogP contribution in [-0.2, 0) is 0 Å². The lowest BCUT2D eigenvalue weighted by Gasteiger charge is -2.14. The van der Waals surface area contributed by atoms with Crippen LogP contribution in [0.1, 0.15) is 5.56 Å². The number of fused-ring (bicyclic) bond motifs is 9. The number of rotatable bonds is 6. The van der Waals surface area contributed by atoms with Crippen LogP contribution >= 0.6 is 11.3 Å². The molecule has 13 rings (SSSR count). The highest BCUT2D eigenvalue weighted by Crippen LogP contribution is 2.43. The zero-order chi connectivity index (χ0) is 43.0. The predicted octanol–water partition coefficient (Wildman–Crippen LogP) is 16.3. The molecular formula is C60H38N4S. The van der Waals surface area contributed by atoms with Crippen LogP contribution in [0.4, 0.5) is 0 Å². The molecule has 13 aromatic rings. The minimum absolute atomic E-state index is 0.713. The van der Waals surface area contributed by atoms with E-state index in [1.54, 1.807) is 0 Å². The van der Waals surface area contributed by atoms with Gasteiger partial charge in [-0.3, -0.25) is 4.98 Å². The fourth-order valence-corrected chi connectivity index (χ4v) is 10.9. The van der Waals surface area contributed by atoms with Crippen molar-refractivity contribution in [2.24, 2.45) is 0 Å². The molecule has 0 radical (unpaired) electrons. The third kappa shape index (κ3) is 6.16. The Kier molecular flexibility index (Phi) is 8.58. The van der Waals surface area contributed by atoms with Crippen LogP contribution in [0, 0.1) is 6.92 Å². The summed E-state index contributed by atoms with van der Waals surface area (Å²) in [5.74, 6) is 0.713. The Balaban J connectivity index is 0.905. The minimum Gasteiger partial charge on any atom is -0.309 e. The maximum Gasteiger partial charge on any atom is 0.160 e. The average Bonchev–Trinajstić information content (AvgIpc) is 3.92. The van der Waals surface area contributed by atoms with E-state index < -0.39 is 0 Å². The molecule has 0 aliphatic rings. The molecule has 0 spiro atoms. The predicted molar refractivity (Wildman–Crippen MR) is 274 cm³/mol. The van der Waals surface area contributed by atoms with Gasteiger partial charge in [0.15, 0.2) is 5.82 Å². The summed E-state index contributed by atoms with van der Waals surface area (Å²) in [4.78, 5) is 15.3. The second-order valence-corrected chi connectivity index (χ2v) is 17.9. The van der Waals surface area contributed by atoms with Gasteiger partial charge in [0.2, 0.25) is 0 Å². The molecule has 9 aromatic carbocycles. The van der Waals surface area contributed by atoms with Gasteiger partial charge in [0, 0.05) is 70.6 Å². The zero-order valence-corrected chi connectivity index (χ0v) is 36.2. The lowest BCUT2D eigenvalue weighted by molar-refractivity contribution is 1.15. The number of aromatic nitrogens is 4. The van der Waals surface area contributed by atoms with Gasteiger partial charge in [0.05, 0.1) is 28.1 Å². The highest BCUT2D eigenvalue weighted by Gasteiger charge is 2.19. The Morgan fingerprint density at radius 2 is 0.954 bits per heavy atom. The first-order valence-corrected chi connectivity index (χ1v) is 22.8. The van der Waals surface area contributed by atoms with Gasteiger partial charge in [-0.15, -0.1) is 11.3 Å². The van der Waals surface area contributed by atoms with Gasteiger partial charge in [-0.2, -0.15) is 0 Å². The fourth-order valence-electron chi connectivity index (χ4n) is 9.86. The summed E-state index contributed by atoms with van der Waals surface area (Å²) in [6.45, 7) is 2.12. The molecule has 0 N–H and O–H groups in total. The molecule has 4 heterocycles. The number of thiophene rings is 1. The van der Waals surface area contributed by atoms with E-state index in [0.717, 1.165) is 50.6 Å². The van der Waals surface area contributed by atoms with Crippen molar-refractivity contribution >= 4 is 74.9 Å². The number of benzene rings is 9. The summed E-state index contributed by atoms with van der Waals surface area (Å²) in [5, 5.41) is 9.91. The second kappa shape index (κ2) is 14.9. The molecule has 0 amide bonds. The van der Waals surface area contributed by atoms with Crippen molar-refractivity contribution in [3.05, 3.63) is 218 Å². The van der Waals surface area contributed by atoms with Crippen LogP contribution in [0.15, 0.2) is 212 Å².